The number of hydrogen-bond donors (Lipinski definition) is 1. The van der Waals surface area contributed by atoms with Crippen LogP contribution in [-0.4, -0.2) is 27.1 Å². The fraction of sp³-hybridized carbons (Fsp3) is 0.316. The van der Waals surface area contributed by atoms with E-state index >= 15 is 0 Å². The number of benzene rings is 2. The topological polar surface area (TPSA) is 66.5 Å². The Bertz CT molecular complexity index is 897. The average molecular weight is 439 g/mol. The first-order valence-electron chi connectivity index (χ1n) is 8.27. The highest BCUT2D eigenvalue weighted by atomic mass is 79.9. The number of rotatable bonds is 7. The highest BCUT2D eigenvalue weighted by Gasteiger charge is 2.17. The predicted molar refractivity (Wildman–Crippen MR) is 110 cm³/mol. The van der Waals surface area contributed by atoms with Gasteiger partial charge in [-0.25, -0.2) is 8.42 Å². The molecule has 0 saturated heterocycles. The van der Waals surface area contributed by atoms with E-state index in [-0.39, 0.29) is 18.9 Å². The van der Waals surface area contributed by atoms with Gasteiger partial charge in [0, 0.05) is 23.1 Å². The first-order chi connectivity index (χ1) is 12.2. The SMILES string of the molecule is Cc1cccc(N(CCCC(=O)Nc2ccc(Br)c(C)c2)S(C)(=O)=O)c1. The normalized spacial score (nSPS) is 11.2. The molecule has 2 aromatic carbocycles. The van der Waals surface area contributed by atoms with Crippen molar-refractivity contribution in [2.24, 2.45) is 0 Å². The molecule has 2 rings (SSSR count). The monoisotopic (exact) mass is 438 g/mol. The fourth-order valence-electron chi connectivity index (χ4n) is 2.60. The van der Waals surface area contributed by atoms with Crippen molar-refractivity contribution in [2.75, 3.05) is 22.4 Å². The van der Waals surface area contributed by atoms with Crippen molar-refractivity contribution < 1.29 is 13.2 Å². The van der Waals surface area contributed by atoms with Crippen LogP contribution < -0.4 is 9.62 Å². The largest absolute Gasteiger partial charge is 0.326 e. The number of amides is 1. The summed E-state index contributed by atoms with van der Waals surface area (Å²) in [5, 5.41) is 2.84. The quantitative estimate of drug-likeness (QED) is 0.702. The van der Waals surface area contributed by atoms with Gasteiger partial charge in [0.2, 0.25) is 15.9 Å². The Morgan fingerprint density at radius 2 is 1.88 bits per heavy atom. The minimum absolute atomic E-state index is 0.135. The van der Waals surface area contributed by atoms with Crippen LogP contribution in [0.1, 0.15) is 24.0 Å². The summed E-state index contributed by atoms with van der Waals surface area (Å²) < 4.78 is 26.5. The molecular formula is C19H23BrN2O3S. The maximum absolute atomic E-state index is 12.1. The minimum Gasteiger partial charge on any atom is -0.326 e. The van der Waals surface area contributed by atoms with Gasteiger partial charge in [-0.1, -0.05) is 28.1 Å². The summed E-state index contributed by atoms with van der Waals surface area (Å²) in [5.74, 6) is -0.135. The third-order valence-corrected chi connectivity index (χ3v) is 5.98. The molecule has 1 N–H and O–H groups in total. The van der Waals surface area contributed by atoms with Crippen molar-refractivity contribution in [3.05, 3.63) is 58.1 Å². The molecule has 140 valence electrons. The van der Waals surface area contributed by atoms with Crippen LogP contribution in [0.4, 0.5) is 11.4 Å². The number of hydrogen-bond acceptors (Lipinski definition) is 3. The van der Waals surface area contributed by atoms with Crippen LogP contribution in [0.3, 0.4) is 0 Å². The third kappa shape index (κ3) is 5.85. The maximum atomic E-state index is 12.1. The second-order valence-electron chi connectivity index (χ2n) is 6.29. The number of halogens is 1. The minimum atomic E-state index is -3.41. The third-order valence-electron chi connectivity index (χ3n) is 3.90. The number of anilines is 2. The van der Waals surface area contributed by atoms with E-state index in [0.717, 1.165) is 21.3 Å². The van der Waals surface area contributed by atoms with Gasteiger partial charge in [0.05, 0.1) is 11.9 Å². The van der Waals surface area contributed by atoms with Crippen LogP contribution in [0.15, 0.2) is 46.9 Å². The van der Waals surface area contributed by atoms with Crippen LogP contribution in [0, 0.1) is 13.8 Å². The van der Waals surface area contributed by atoms with Gasteiger partial charge in [-0.3, -0.25) is 9.10 Å². The Hall–Kier alpha value is -1.86. The van der Waals surface area contributed by atoms with Crippen LogP contribution in [-0.2, 0) is 14.8 Å². The lowest BCUT2D eigenvalue weighted by Crippen LogP contribution is -2.31. The molecule has 0 unspecified atom stereocenters. The number of nitrogens with one attached hydrogen (secondary N) is 1. The molecule has 26 heavy (non-hydrogen) atoms. The Balaban J connectivity index is 1.96. The van der Waals surface area contributed by atoms with Crippen LogP contribution in [0.5, 0.6) is 0 Å². The molecule has 0 saturated carbocycles. The van der Waals surface area contributed by atoms with E-state index in [2.05, 4.69) is 21.2 Å². The van der Waals surface area contributed by atoms with E-state index in [1.165, 1.54) is 10.6 Å². The van der Waals surface area contributed by atoms with Crippen LogP contribution in [0.25, 0.3) is 0 Å². The van der Waals surface area contributed by atoms with E-state index < -0.39 is 10.0 Å². The first kappa shape index (κ1) is 20.5. The maximum Gasteiger partial charge on any atom is 0.232 e. The zero-order valence-corrected chi connectivity index (χ0v) is 17.5. The molecule has 0 bridgehead atoms. The Morgan fingerprint density at radius 1 is 1.15 bits per heavy atom. The number of carbonyl (C=O) groups is 1. The average Bonchev–Trinajstić information content (AvgIpc) is 2.54. The standard InChI is InChI=1S/C19H23BrN2O3S/c1-14-6-4-7-17(12-14)22(26(3,24)25)11-5-8-19(23)21-16-9-10-18(20)15(2)13-16/h4,6-7,9-10,12-13H,5,8,11H2,1-3H3,(H,21,23). The Labute approximate surface area is 163 Å². The zero-order valence-electron chi connectivity index (χ0n) is 15.1. The second-order valence-corrected chi connectivity index (χ2v) is 9.05. The van der Waals surface area contributed by atoms with Gasteiger partial charge in [-0.15, -0.1) is 0 Å². The lowest BCUT2D eigenvalue weighted by atomic mass is 10.2. The lowest BCUT2D eigenvalue weighted by Gasteiger charge is -2.22. The van der Waals surface area contributed by atoms with E-state index in [0.29, 0.717) is 12.1 Å². The molecule has 0 spiro atoms. The van der Waals surface area contributed by atoms with Gasteiger partial charge in [0.15, 0.2) is 0 Å². The smallest absolute Gasteiger partial charge is 0.232 e. The molecule has 7 heteroatoms. The lowest BCUT2D eigenvalue weighted by molar-refractivity contribution is -0.116. The van der Waals surface area contributed by atoms with Crippen LogP contribution >= 0.6 is 15.9 Å². The molecular weight excluding hydrogens is 416 g/mol. The molecule has 0 aliphatic rings. The molecule has 0 atom stereocenters. The van der Waals surface area contributed by atoms with Crippen molar-refractivity contribution in [3.8, 4) is 0 Å². The predicted octanol–water partition coefficient (Wildman–Crippen LogP) is 4.25. The Morgan fingerprint density at radius 3 is 2.50 bits per heavy atom. The van der Waals surface area contributed by atoms with Crippen LogP contribution in [0.2, 0.25) is 0 Å². The van der Waals surface area contributed by atoms with E-state index in [1.807, 2.05) is 50.2 Å². The number of nitrogens with zero attached hydrogens (tertiary/aromatic N) is 1. The molecule has 0 aliphatic heterocycles. The molecule has 1 amide bonds. The van der Waals surface area contributed by atoms with Gasteiger partial charge in [-0.2, -0.15) is 0 Å². The van der Waals surface area contributed by atoms with Gasteiger partial charge in [0.1, 0.15) is 0 Å². The van der Waals surface area contributed by atoms with E-state index in [9.17, 15) is 13.2 Å². The highest BCUT2D eigenvalue weighted by molar-refractivity contribution is 9.10. The number of sulfonamides is 1. The van der Waals surface area contributed by atoms with Crippen molar-refractivity contribution in [3.63, 3.8) is 0 Å². The molecule has 0 aromatic heterocycles. The summed E-state index contributed by atoms with van der Waals surface area (Å²) in [6, 6.07) is 12.9. The van der Waals surface area contributed by atoms with E-state index in [1.54, 1.807) is 6.07 Å². The zero-order chi connectivity index (χ0) is 19.3. The van der Waals surface area contributed by atoms with Crippen molar-refractivity contribution in [1.29, 1.82) is 0 Å². The van der Waals surface area contributed by atoms with Gasteiger partial charge >= 0.3 is 0 Å². The second kappa shape index (κ2) is 8.68. The summed E-state index contributed by atoms with van der Waals surface area (Å²) in [6.07, 6.45) is 1.86. The highest BCUT2D eigenvalue weighted by Crippen LogP contribution is 2.21. The van der Waals surface area contributed by atoms with Crippen molar-refractivity contribution >= 4 is 43.2 Å². The summed E-state index contributed by atoms with van der Waals surface area (Å²) in [5.41, 5.74) is 3.37. The number of aryl methyl sites for hydroxylation is 2. The van der Waals surface area contributed by atoms with Crippen molar-refractivity contribution in [2.45, 2.75) is 26.7 Å². The fourth-order valence-corrected chi connectivity index (χ4v) is 3.80. The van der Waals surface area contributed by atoms with E-state index in [4.69, 9.17) is 0 Å². The Kier molecular flexibility index (Phi) is 6.83. The summed E-state index contributed by atoms with van der Waals surface area (Å²) >= 11 is 3.42. The molecule has 0 fully saturated rings. The molecule has 0 aliphatic carbocycles. The van der Waals surface area contributed by atoms with Crippen molar-refractivity contribution in [1.82, 2.24) is 0 Å². The summed E-state index contributed by atoms with van der Waals surface area (Å²) in [6.45, 7) is 4.12. The van der Waals surface area contributed by atoms with Gasteiger partial charge < -0.3 is 5.32 Å². The number of carbonyl (C=O) groups excluding carboxylic acids is 1. The summed E-state index contributed by atoms with van der Waals surface area (Å²) in [4.78, 5) is 12.1. The molecule has 0 radical (unpaired) electrons. The molecule has 2 aromatic rings. The van der Waals surface area contributed by atoms with Gasteiger partial charge in [-0.05, 0) is 61.7 Å². The molecule has 0 heterocycles. The first-order valence-corrected chi connectivity index (χ1v) is 10.9. The summed E-state index contributed by atoms with van der Waals surface area (Å²) in [7, 11) is -3.41. The van der Waals surface area contributed by atoms with Gasteiger partial charge in [0.25, 0.3) is 0 Å². The molecule has 5 nitrogen and oxygen atoms in total.